The van der Waals surface area contributed by atoms with Gasteiger partial charge in [0.1, 0.15) is 11.5 Å². The third kappa shape index (κ3) is 1.89. The summed E-state index contributed by atoms with van der Waals surface area (Å²) in [4.78, 5) is 0. The van der Waals surface area contributed by atoms with Gasteiger partial charge in [-0.1, -0.05) is 36.4 Å². The highest BCUT2D eigenvalue weighted by molar-refractivity contribution is 5.91. The van der Waals surface area contributed by atoms with E-state index >= 15 is 0 Å². The summed E-state index contributed by atoms with van der Waals surface area (Å²) in [5.74, 6) is 3.81. The van der Waals surface area contributed by atoms with Crippen molar-refractivity contribution in [1.29, 1.82) is 0 Å². The lowest BCUT2D eigenvalue weighted by atomic mass is 9.51. The first-order chi connectivity index (χ1) is 12.2. The highest BCUT2D eigenvalue weighted by Gasteiger charge is 2.54. The molecule has 2 unspecified atom stereocenters. The van der Waals surface area contributed by atoms with E-state index in [0.717, 1.165) is 47.3 Å². The molecule has 4 fully saturated rings. The smallest absolute Gasteiger partial charge is 0.135 e. The minimum Gasteiger partial charge on any atom is -0.456 e. The van der Waals surface area contributed by atoms with Gasteiger partial charge in [-0.3, -0.25) is 0 Å². The van der Waals surface area contributed by atoms with E-state index in [1.54, 1.807) is 0 Å². The van der Waals surface area contributed by atoms with Gasteiger partial charge < -0.3 is 9.84 Å². The molecule has 1 N–H and O–H groups in total. The van der Waals surface area contributed by atoms with Crippen LogP contribution in [0.1, 0.15) is 43.2 Å². The molecule has 1 heterocycles. The third-order valence-corrected chi connectivity index (χ3v) is 6.87. The minimum atomic E-state index is -0.609. The first kappa shape index (κ1) is 14.1. The van der Waals surface area contributed by atoms with Crippen LogP contribution in [-0.4, -0.2) is 10.7 Å². The summed E-state index contributed by atoms with van der Waals surface area (Å²) in [5, 5.41) is 11.7. The average molecular weight is 330 g/mol. The highest BCUT2D eigenvalue weighted by atomic mass is 16.5. The van der Waals surface area contributed by atoms with Gasteiger partial charge in [0.25, 0.3) is 0 Å². The summed E-state index contributed by atoms with van der Waals surface area (Å²) < 4.78 is 6.17. The van der Waals surface area contributed by atoms with Gasteiger partial charge in [-0.15, -0.1) is 0 Å². The molecule has 7 rings (SSSR count). The summed E-state index contributed by atoms with van der Waals surface area (Å²) in [5.41, 5.74) is 4.25. The Hall–Kier alpha value is -2.06. The zero-order valence-electron chi connectivity index (χ0n) is 14.2. The number of aliphatic hydroxyl groups is 1. The molecule has 1 aliphatic heterocycles. The predicted octanol–water partition coefficient (Wildman–Crippen LogP) is 5.17. The van der Waals surface area contributed by atoms with E-state index in [0.29, 0.717) is 5.92 Å². The van der Waals surface area contributed by atoms with E-state index in [1.165, 1.54) is 30.4 Å². The SMILES string of the molecule is OC12CC3CC(CC(C3)C1=C1c3ccccc3Oc3ccccc31)C2. The van der Waals surface area contributed by atoms with Crippen LogP contribution in [0.5, 0.6) is 11.5 Å². The van der Waals surface area contributed by atoms with E-state index in [2.05, 4.69) is 24.3 Å². The Kier molecular flexibility index (Phi) is 2.70. The third-order valence-electron chi connectivity index (χ3n) is 6.87. The second-order valence-corrected chi connectivity index (χ2v) is 8.46. The van der Waals surface area contributed by atoms with Gasteiger partial charge in [0.05, 0.1) is 5.60 Å². The Morgan fingerprint density at radius 2 is 1.36 bits per heavy atom. The van der Waals surface area contributed by atoms with Crippen molar-refractivity contribution in [3.63, 3.8) is 0 Å². The van der Waals surface area contributed by atoms with Crippen LogP contribution in [0.2, 0.25) is 0 Å². The zero-order chi connectivity index (χ0) is 16.6. The van der Waals surface area contributed by atoms with Crippen molar-refractivity contribution in [2.45, 2.75) is 37.7 Å². The fraction of sp³-hybridized carbons (Fsp3) is 0.391. The molecule has 0 saturated heterocycles. The molecule has 126 valence electrons. The number of benzene rings is 2. The molecule has 2 heteroatoms. The van der Waals surface area contributed by atoms with Crippen LogP contribution < -0.4 is 4.74 Å². The molecule has 4 saturated carbocycles. The van der Waals surface area contributed by atoms with Crippen molar-refractivity contribution in [1.82, 2.24) is 0 Å². The molecule has 0 radical (unpaired) electrons. The van der Waals surface area contributed by atoms with Crippen molar-refractivity contribution < 1.29 is 9.84 Å². The molecule has 2 atom stereocenters. The highest BCUT2D eigenvalue weighted by Crippen LogP contribution is 2.61. The van der Waals surface area contributed by atoms with Gasteiger partial charge in [0.15, 0.2) is 0 Å². The molecular weight excluding hydrogens is 308 g/mol. The lowest BCUT2D eigenvalue weighted by Crippen LogP contribution is -2.52. The van der Waals surface area contributed by atoms with Gasteiger partial charge in [-0.25, -0.2) is 0 Å². The van der Waals surface area contributed by atoms with Crippen molar-refractivity contribution >= 4 is 5.57 Å². The molecule has 0 aromatic heterocycles. The standard InChI is InChI=1S/C23H22O2/c24-23-12-14-9-15(13-23)11-16(10-14)22(23)21-17-5-1-3-7-19(17)25-20-8-4-2-6-18(20)21/h1-8,14-16,24H,9-13H2. The quantitative estimate of drug-likeness (QED) is 0.616. The van der Waals surface area contributed by atoms with Gasteiger partial charge >= 0.3 is 0 Å². The van der Waals surface area contributed by atoms with Crippen LogP contribution in [0.4, 0.5) is 0 Å². The first-order valence-electron chi connectivity index (χ1n) is 9.55. The number of para-hydroxylation sites is 2. The Bertz CT molecular complexity index is 848. The van der Waals surface area contributed by atoms with E-state index in [-0.39, 0.29) is 0 Å². The Labute approximate surface area is 148 Å². The first-order valence-corrected chi connectivity index (χ1v) is 9.55. The molecule has 4 bridgehead atoms. The molecular formula is C23H22O2. The number of fused-ring (bicyclic) bond motifs is 2. The lowest BCUT2D eigenvalue weighted by Gasteiger charge is -2.56. The summed E-state index contributed by atoms with van der Waals surface area (Å²) in [6.45, 7) is 0. The van der Waals surface area contributed by atoms with Crippen LogP contribution in [-0.2, 0) is 0 Å². The second kappa shape index (κ2) is 4.76. The van der Waals surface area contributed by atoms with Gasteiger partial charge in [-0.05, 0) is 73.1 Å². The monoisotopic (exact) mass is 330 g/mol. The molecule has 2 aromatic rings. The lowest BCUT2D eigenvalue weighted by molar-refractivity contribution is -0.0754. The normalized spacial score (nSPS) is 34.5. The van der Waals surface area contributed by atoms with Crippen LogP contribution in [0.25, 0.3) is 5.57 Å². The van der Waals surface area contributed by atoms with Crippen LogP contribution in [0.3, 0.4) is 0 Å². The fourth-order valence-corrected chi connectivity index (χ4v) is 6.29. The van der Waals surface area contributed by atoms with Crippen LogP contribution in [0, 0.1) is 17.8 Å². The largest absolute Gasteiger partial charge is 0.456 e. The Morgan fingerprint density at radius 3 is 1.92 bits per heavy atom. The van der Waals surface area contributed by atoms with E-state index in [4.69, 9.17) is 4.74 Å². The van der Waals surface area contributed by atoms with Crippen molar-refractivity contribution in [2.75, 3.05) is 0 Å². The van der Waals surface area contributed by atoms with E-state index < -0.39 is 5.60 Å². The van der Waals surface area contributed by atoms with Crippen LogP contribution in [0.15, 0.2) is 54.1 Å². The molecule has 25 heavy (non-hydrogen) atoms. The van der Waals surface area contributed by atoms with Gasteiger partial charge in [0.2, 0.25) is 0 Å². The van der Waals surface area contributed by atoms with Crippen molar-refractivity contribution in [3.8, 4) is 11.5 Å². The average Bonchev–Trinajstić information content (AvgIpc) is 2.59. The zero-order valence-corrected chi connectivity index (χ0v) is 14.2. The molecule has 4 aliphatic carbocycles. The topological polar surface area (TPSA) is 29.5 Å². The summed E-state index contributed by atoms with van der Waals surface area (Å²) in [6, 6.07) is 16.6. The maximum absolute atomic E-state index is 11.7. The number of ether oxygens (including phenoxy) is 1. The predicted molar refractivity (Wildman–Crippen MR) is 97.5 cm³/mol. The van der Waals surface area contributed by atoms with Crippen LogP contribution >= 0.6 is 0 Å². The molecule has 2 nitrogen and oxygen atoms in total. The number of hydrogen-bond donors (Lipinski definition) is 1. The summed E-state index contributed by atoms with van der Waals surface area (Å²) in [7, 11) is 0. The second-order valence-electron chi connectivity index (χ2n) is 8.46. The van der Waals surface area contributed by atoms with E-state index in [1.807, 2.05) is 24.3 Å². The Morgan fingerprint density at radius 1 is 0.800 bits per heavy atom. The molecule has 5 aliphatic rings. The maximum Gasteiger partial charge on any atom is 0.135 e. The maximum atomic E-state index is 11.7. The van der Waals surface area contributed by atoms with Gasteiger partial charge in [-0.2, -0.15) is 0 Å². The summed E-state index contributed by atoms with van der Waals surface area (Å²) >= 11 is 0. The van der Waals surface area contributed by atoms with Gasteiger partial charge in [0, 0.05) is 11.1 Å². The molecule has 0 amide bonds. The van der Waals surface area contributed by atoms with Crippen molar-refractivity contribution in [3.05, 3.63) is 65.2 Å². The fourth-order valence-electron chi connectivity index (χ4n) is 6.29. The number of rotatable bonds is 0. The van der Waals surface area contributed by atoms with Crippen molar-refractivity contribution in [2.24, 2.45) is 17.8 Å². The molecule has 2 aromatic carbocycles. The molecule has 0 spiro atoms. The Balaban J connectivity index is 1.67. The minimum absolute atomic E-state index is 0.533. The van der Waals surface area contributed by atoms with E-state index in [9.17, 15) is 5.11 Å². The summed E-state index contributed by atoms with van der Waals surface area (Å²) in [6.07, 6.45) is 5.73. The number of hydrogen-bond acceptors (Lipinski definition) is 2.